The van der Waals surface area contributed by atoms with E-state index in [9.17, 15) is 9.59 Å². The lowest BCUT2D eigenvalue weighted by Crippen LogP contribution is -2.36. The van der Waals surface area contributed by atoms with Gasteiger partial charge in [0.2, 0.25) is 5.91 Å². The standard InChI is InChI=1S/C17H22N2O3/c20-12-11-19(15-8-9-15)17(22)13-4-6-14(7-5-13)18-10-2-1-3-16(18)21/h4-7,15,20H,1-3,8-12H2. The molecule has 1 saturated heterocycles. The fourth-order valence-electron chi connectivity index (χ4n) is 2.97. The summed E-state index contributed by atoms with van der Waals surface area (Å²) in [6.45, 7) is 1.13. The molecule has 22 heavy (non-hydrogen) atoms. The minimum Gasteiger partial charge on any atom is -0.395 e. The molecule has 0 unspecified atom stereocenters. The second-order valence-corrected chi connectivity index (χ2v) is 6.00. The van der Waals surface area contributed by atoms with Crippen molar-refractivity contribution in [3.63, 3.8) is 0 Å². The number of carbonyl (C=O) groups excluding carboxylic acids is 2. The molecule has 3 rings (SSSR count). The zero-order chi connectivity index (χ0) is 15.5. The van der Waals surface area contributed by atoms with Crippen molar-refractivity contribution in [1.29, 1.82) is 0 Å². The van der Waals surface area contributed by atoms with Crippen molar-refractivity contribution < 1.29 is 14.7 Å². The van der Waals surface area contributed by atoms with Gasteiger partial charge >= 0.3 is 0 Å². The molecule has 2 aliphatic rings. The van der Waals surface area contributed by atoms with Crippen LogP contribution in [0.25, 0.3) is 0 Å². The molecule has 1 aliphatic carbocycles. The van der Waals surface area contributed by atoms with Crippen molar-refractivity contribution in [3.8, 4) is 0 Å². The van der Waals surface area contributed by atoms with E-state index < -0.39 is 0 Å². The molecule has 0 atom stereocenters. The second-order valence-electron chi connectivity index (χ2n) is 6.00. The van der Waals surface area contributed by atoms with Gasteiger partial charge in [0.05, 0.1) is 6.61 Å². The van der Waals surface area contributed by atoms with Crippen LogP contribution >= 0.6 is 0 Å². The Morgan fingerprint density at radius 2 is 1.95 bits per heavy atom. The van der Waals surface area contributed by atoms with Crippen LogP contribution in [0.5, 0.6) is 0 Å². The first-order chi connectivity index (χ1) is 10.7. The molecule has 0 spiro atoms. The molecule has 1 saturated carbocycles. The molecule has 5 nitrogen and oxygen atoms in total. The quantitative estimate of drug-likeness (QED) is 0.902. The molecular formula is C17H22N2O3. The van der Waals surface area contributed by atoms with Gasteiger partial charge in [0.15, 0.2) is 0 Å². The van der Waals surface area contributed by atoms with E-state index in [-0.39, 0.29) is 24.5 Å². The Morgan fingerprint density at radius 3 is 2.55 bits per heavy atom. The summed E-state index contributed by atoms with van der Waals surface area (Å²) >= 11 is 0. The summed E-state index contributed by atoms with van der Waals surface area (Å²) in [5.41, 5.74) is 1.48. The van der Waals surface area contributed by atoms with Gasteiger partial charge in [-0.25, -0.2) is 0 Å². The SMILES string of the molecule is O=C1CCCCN1c1ccc(C(=O)N(CCO)C2CC2)cc1. The number of aliphatic hydroxyl groups excluding tert-OH is 1. The molecule has 1 N–H and O–H groups in total. The highest BCUT2D eigenvalue weighted by Gasteiger charge is 2.32. The van der Waals surface area contributed by atoms with Gasteiger partial charge in [0.1, 0.15) is 0 Å². The fraction of sp³-hybridized carbons (Fsp3) is 0.529. The van der Waals surface area contributed by atoms with Gasteiger partial charge in [-0.1, -0.05) is 0 Å². The number of anilines is 1. The molecule has 1 aromatic carbocycles. The van der Waals surface area contributed by atoms with Crippen molar-refractivity contribution in [2.75, 3.05) is 24.6 Å². The molecule has 118 valence electrons. The van der Waals surface area contributed by atoms with E-state index in [1.807, 2.05) is 12.1 Å². The van der Waals surface area contributed by atoms with Gasteiger partial charge in [-0.15, -0.1) is 0 Å². The lowest BCUT2D eigenvalue weighted by atomic mass is 10.1. The normalized spacial score (nSPS) is 18.4. The van der Waals surface area contributed by atoms with Crippen molar-refractivity contribution in [3.05, 3.63) is 29.8 Å². The predicted molar refractivity (Wildman–Crippen MR) is 83.8 cm³/mol. The zero-order valence-electron chi connectivity index (χ0n) is 12.7. The second kappa shape index (κ2) is 6.48. The van der Waals surface area contributed by atoms with Crippen LogP contribution in [0, 0.1) is 0 Å². The summed E-state index contributed by atoms with van der Waals surface area (Å²) in [5, 5.41) is 9.11. The van der Waals surface area contributed by atoms with E-state index in [0.717, 1.165) is 37.9 Å². The fourth-order valence-corrected chi connectivity index (χ4v) is 2.97. The number of hydrogen-bond acceptors (Lipinski definition) is 3. The zero-order valence-corrected chi connectivity index (χ0v) is 12.7. The van der Waals surface area contributed by atoms with E-state index in [1.165, 1.54) is 0 Å². The summed E-state index contributed by atoms with van der Waals surface area (Å²) in [4.78, 5) is 28.0. The third kappa shape index (κ3) is 3.14. The van der Waals surface area contributed by atoms with Crippen LogP contribution in [0.15, 0.2) is 24.3 Å². The summed E-state index contributed by atoms with van der Waals surface area (Å²) in [7, 11) is 0. The number of amides is 2. The maximum Gasteiger partial charge on any atom is 0.254 e. The number of benzene rings is 1. The van der Waals surface area contributed by atoms with Crippen LogP contribution in [0.2, 0.25) is 0 Å². The lowest BCUT2D eigenvalue weighted by Gasteiger charge is -2.27. The molecule has 5 heteroatoms. The van der Waals surface area contributed by atoms with Crippen LogP contribution in [-0.2, 0) is 4.79 Å². The molecule has 1 aromatic rings. The average molecular weight is 302 g/mol. The summed E-state index contributed by atoms with van der Waals surface area (Å²) < 4.78 is 0. The number of hydrogen-bond donors (Lipinski definition) is 1. The van der Waals surface area contributed by atoms with Crippen LogP contribution in [0.1, 0.15) is 42.5 Å². The number of carbonyl (C=O) groups is 2. The Bertz CT molecular complexity index is 552. The molecular weight excluding hydrogens is 280 g/mol. The van der Waals surface area contributed by atoms with E-state index in [0.29, 0.717) is 18.5 Å². The van der Waals surface area contributed by atoms with E-state index >= 15 is 0 Å². The lowest BCUT2D eigenvalue weighted by molar-refractivity contribution is -0.119. The monoisotopic (exact) mass is 302 g/mol. The summed E-state index contributed by atoms with van der Waals surface area (Å²) in [5.74, 6) is 0.123. The van der Waals surface area contributed by atoms with Gasteiger partial charge in [-0.3, -0.25) is 9.59 Å². The predicted octanol–water partition coefficient (Wildman–Crippen LogP) is 1.80. The topological polar surface area (TPSA) is 60.9 Å². The first-order valence-electron chi connectivity index (χ1n) is 8.03. The van der Waals surface area contributed by atoms with E-state index in [4.69, 9.17) is 5.11 Å². The number of aliphatic hydroxyl groups is 1. The van der Waals surface area contributed by atoms with Crippen molar-refractivity contribution in [1.82, 2.24) is 4.90 Å². The molecule has 2 fully saturated rings. The maximum absolute atomic E-state index is 12.5. The molecule has 2 amide bonds. The summed E-state index contributed by atoms with van der Waals surface area (Å²) in [6, 6.07) is 7.54. The first-order valence-corrected chi connectivity index (χ1v) is 8.03. The van der Waals surface area contributed by atoms with Crippen LogP contribution < -0.4 is 4.90 Å². The number of rotatable bonds is 5. The highest BCUT2D eigenvalue weighted by Crippen LogP contribution is 2.28. The minimum atomic E-state index is -0.0342. The average Bonchev–Trinajstić information content (AvgIpc) is 3.37. The highest BCUT2D eigenvalue weighted by molar-refractivity contribution is 5.97. The molecule has 0 bridgehead atoms. The summed E-state index contributed by atoms with van der Waals surface area (Å²) in [6.07, 6.45) is 4.63. The minimum absolute atomic E-state index is 0.0113. The molecule has 0 aromatic heterocycles. The third-order valence-corrected chi connectivity index (χ3v) is 4.34. The van der Waals surface area contributed by atoms with Crippen molar-refractivity contribution in [2.45, 2.75) is 38.1 Å². The van der Waals surface area contributed by atoms with Gasteiger partial charge in [0, 0.05) is 36.8 Å². The van der Waals surface area contributed by atoms with Crippen LogP contribution in [0.4, 0.5) is 5.69 Å². The Kier molecular flexibility index (Phi) is 4.43. The van der Waals surface area contributed by atoms with Gasteiger partial charge in [0.25, 0.3) is 5.91 Å². The van der Waals surface area contributed by atoms with Crippen LogP contribution in [0.3, 0.4) is 0 Å². The Balaban J connectivity index is 1.72. The van der Waals surface area contributed by atoms with Crippen LogP contribution in [-0.4, -0.2) is 47.6 Å². The Morgan fingerprint density at radius 1 is 1.23 bits per heavy atom. The maximum atomic E-state index is 12.5. The van der Waals surface area contributed by atoms with Crippen molar-refractivity contribution in [2.24, 2.45) is 0 Å². The molecule has 1 aliphatic heterocycles. The number of piperidine rings is 1. The Hall–Kier alpha value is -1.88. The third-order valence-electron chi connectivity index (χ3n) is 4.34. The smallest absolute Gasteiger partial charge is 0.254 e. The van der Waals surface area contributed by atoms with Gasteiger partial charge in [-0.05, 0) is 49.9 Å². The Labute approximate surface area is 130 Å². The van der Waals surface area contributed by atoms with Gasteiger partial charge < -0.3 is 14.9 Å². The van der Waals surface area contributed by atoms with Crippen molar-refractivity contribution >= 4 is 17.5 Å². The van der Waals surface area contributed by atoms with E-state index in [1.54, 1.807) is 21.9 Å². The highest BCUT2D eigenvalue weighted by atomic mass is 16.3. The first kappa shape index (κ1) is 15.0. The molecule has 1 heterocycles. The number of nitrogens with zero attached hydrogens (tertiary/aromatic N) is 2. The molecule has 0 radical (unpaired) electrons. The van der Waals surface area contributed by atoms with E-state index in [2.05, 4.69) is 0 Å². The van der Waals surface area contributed by atoms with Gasteiger partial charge in [-0.2, -0.15) is 0 Å². The largest absolute Gasteiger partial charge is 0.395 e.